The lowest BCUT2D eigenvalue weighted by Crippen LogP contribution is -2.31. The standard InChI is InChI=1S/C29H33BrN4O4/c1-19-2-3-21-14-22(30)4-5-24(21)28(38-18-20-7-11-37-17-20)32-25(19)16-33-27-15-31-10-6-26(27)34(29(33)35)23-8-12-36-13-9-23/h4-6,10,14-15,20,23H,2-3,7-9,11-13,16-18H2,1H3. The third kappa shape index (κ3) is 5.11. The van der Waals surface area contributed by atoms with Gasteiger partial charge >= 0.3 is 5.69 Å². The molecule has 1 atom stereocenters. The van der Waals surface area contributed by atoms with Crippen LogP contribution in [0.5, 0.6) is 0 Å². The van der Waals surface area contributed by atoms with Crippen LogP contribution < -0.4 is 5.69 Å². The van der Waals surface area contributed by atoms with Gasteiger partial charge in [0.05, 0.1) is 42.7 Å². The third-order valence-electron chi connectivity index (χ3n) is 7.90. The van der Waals surface area contributed by atoms with E-state index in [4.69, 9.17) is 19.2 Å². The van der Waals surface area contributed by atoms with E-state index in [0.29, 0.717) is 38.2 Å². The van der Waals surface area contributed by atoms with E-state index in [0.717, 1.165) is 77.7 Å². The van der Waals surface area contributed by atoms with E-state index in [9.17, 15) is 4.79 Å². The van der Waals surface area contributed by atoms with Crippen LogP contribution in [0, 0.1) is 5.92 Å². The number of aliphatic imine (C=N–C) groups is 1. The number of ether oxygens (including phenoxy) is 3. The predicted octanol–water partition coefficient (Wildman–Crippen LogP) is 5.03. The molecule has 0 aliphatic carbocycles. The first-order valence-electron chi connectivity index (χ1n) is 13.5. The van der Waals surface area contributed by atoms with Gasteiger partial charge in [0.25, 0.3) is 0 Å². The highest BCUT2D eigenvalue weighted by Gasteiger charge is 2.25. The number of allylic oxidation sites excluding steroid dienone is 2. The van der Waals surface area contributed by atoms with E-state index in [2.05, 4.69) is 40.0 Å². The van der Waals surface area contributed by atoms with Crippen molar-refractivity contribution in [2.75, 3.05) is 33.0 Å². The molecule has 0 spiro atoms. The van der Waals surface area contributed by atoms with E-state index < -0.39 is 0 Å². The summed E-state index contributed by atoms with van der Waals surface area (Å²) in [5.41, 5.74) is 5.96. The van der Waals surface area contributed by atoms with E-state index in [-0.39, 0.29) is 11.7 Å². The van der Waals surface area contributed by atoms with Crippen molar-refractivity contribution in [2.45, 2.75) is 51.6 Å². The van der Waals surface area contributed by atoms with E-state index in [1.165, 1.54) is 5.56 Å². The molecule has 0 amide bonds. The highest BCUT2D eigenvalue weighted by Crippen LogP contribution is 2.29. The Balaban J connectivity index is 1.40. The normalized spacial score (nSPS) is 20.8. The van der Waals surface area contributed by atoms with Crippen molar-refractivity contribution in [3.05, 3.63) is 74.0 Å². The van der Waals surface area contributed by atoms with Crippen LogP contribution in [0.15, 0.2) is 62.2 Å². The van der Waals surface area contributed by atoms with Crippen LogP contribution in [0.2, 0.25) is 0 Å². The fourth-order valence-electron chi connectivity index (χ4n) is 5.64. The topological polar surface area (TPSA) is 79.9 Å². The molecule has 1 unspecified atom stereocenters. The number of pyridine rings is 1. The molecule has 3 aliphatic heterocycles. The first-order valence-corrected chi connectivity index (χ1v) is 14.3. The Bertz CT molecular complexity index is 1440. The van der Waals surface area contributed by atoms with Gasteiger partial charge in [0.2, 0.25) is 5.90 Å². The maximum absolute atomic E-state index is 13.9. The van der Waals surface area contributed by atoms with Crippen LogP contribution in [0.4, 0.5) is 0 Å². The van der Waals surface area contributed by atoms with Crippen LogP contribution >= 0.6 is 15.9 Å². The van der Waals surface area contributed by atoms with E-state index in [1.807, 2.05) is 21.3 Å². The molecule has 3 aliphatic rings. The summed E-state index contributed by atoms with van der Waals surface area (Å²) in [5.74, 6) is 0.981. The quantitative estimate of drug-likeness (QED) is 0.422. The summed E-state index contributed by atoms with van der Waals surface area (Å²) >= 11 is 3.62. The van der Waals surface area contributed by atoms with E-state index in [1.54, 1.807) is 12.4 Å². The molecule has 0 N–H and O–H groups in total. The molecule has 5 heterocycles. The molecule has 9 heteroatoms. The van der Waals surface area contributed by atoms with Crippen LogP contribution in [-0.2, 0) is 27.2 Å². The smallest absolute Gasteiger partial charge is 0.329 e. The molecule has 6 rings (SSSR count). The second kappa shape index (κ2) is 11.2. The van der Waals surface area contributed by atoms with Crippen molar-refractivity contribution in [3.63, 3.8) is 0 Å². The van der Waals surface area contributed by atoms with Crippen LogP contribution in [0.1, 0.15) is 49.8 Å². The predicted molar refractivity (Wildman–Crippen MR) is 150 cm³/mol. The molecule has 0 bridgehead atoms. The van der Waals surface area contributed by atoms with Crippen molar-refractivity contribution in [2.24, 2.45) is 10.9 Å². The summed E-state index contributed by atoms with van der Waals surface area (Å²) in [4.78, 5) is 23.4. The SMILES string of the molecule is CC1=C(Cn2c(=O)n(C3CCOCC3)c3ccncc32)N=C(OCC2CCOC2)c2ccc(Br)cc2CC1. The number of hydrogen-bond donors (Lipinski definition) is 0. The van der Waals surface area contributed by atoms with Crippen LogP contribution in [0.3, 0.4) is 0 Å². The molecule has 38 heavy (non-hydrogen) atoms. The molecule has 8 nitrogen and oxygen atoms in total. The lowest BCUT2D eigenvalue weighted by molar-refractivity contribution is 0.0696. The van der Waals surface area contributed by atoms with Gasteiger partial charge in [-0.05, 0) is 74.4 Å². The van der Waals surface area contributed by atoms with Gasteiger partial charge in [-0.25, -0.2) is 9.79 Å². The van der Waals surface area contributed by atoms with Crippen molar-refractivity contribution in [1.82, 2.24) is 14.1 Å². The molecule has 2 fully saturated rings. The van der Waals surface area contributed by atoms with Crippen molar-refractivity contribution < 1.29 is 14.2 Å². The maximum atomic E-state index is 13.9. The van der Waals surface area contributed by atoms with Gasteiger partial charge in [0.15, 0.2) is 0 Å². The number of halogens is 1. The average Bonchev–Trinajstić information content (AvgIpc) is 3.55. The number of hydrogen-bond acceptors (Lipinski definition) is 6. The Kier molecular flexibility index (Phi) is 7.50. The minimum absolute atomic E-state index is 0.0210. The minimum Gasteiger partial charge on any atom is -0.477 e. The Morgan fingerprint density at radius 1 is 1.08 bits per heavy atom. The first-order chi connectivity index (χ1) is 18.6. The number of fused-ring (bicyclic) bond motifs is 2. The van der Waals surface area contributed by atoms with Crippen LogP contribution in [0.25, 0.3) is 11.0 Å². The molecule has 3 aromatic rings. The molecule has 0 radical (unpaired) electrons. The molecule has 200 valence electrons. The summed E-state index contributed by atoms with van der Waals surface area (Å²) in [6, 6.07) is 8.33. The molecular weight excluding hydrogens is 548 g/mol. The van der Waals surface area contributed by atoms with Gasteiger partial charge in [-0.15, -0.1) is 0 Å². The van der Waals surface area contributed by atoms with Gasteiger partial charge in [0.1, 0.15) is 0 Å². The number of rotatable bonds is 5. The second-order valence-electron chi connectivity index (χ2n) is 10.4. The van der Waals surface area contributed by atoms with Crippen molar-refractivity contribution in [1.29, 1.82) is 0 Å². The largest absolute Gasteiger partial charge is 0.477 e. The Labute approximate surface area is 230 Å². The second-order valence-corrected chi connectivity index (χ2v) is 11.3. The van der Waals surface area contributed by atoms with Gasteiger partial charge in [0, 0.05) is 48.0 Å². The highest BCUT2D eigenvalue weighted by molar-refractivity contribution is 9.10. The number of benzene rings is 1. The number of nitrogens with zero attached hydrogens (tertiary/aromatic N) is 4. The summed E-state index contributed by atoms with van der Waals surface area (Å²) in [6.45, 7) is 5.89. The zero-order chi connectivity index (χ0) is 26.1. The molecule has 2 aromatic heterocycles. The zero-order valence-electron chi connectivity index (χ0n) is 21.7. The monoisotopic (exact) mass is 580 g/mol. The minimum atomic E-state index is -0.0210. The highest BCUT2D eigenvalue weighted by atomic mass is 79.9. The van der Waals surface area contributed by atoms with E-state index >= 15 is 0 Å². The molecule has 2 saturated heterocycles. The van der Waals surface area contributed by atoms with Crippen molar-refractivity contribution >= 4 is 32.9 Å². The third-order valence-corrected chi connectivity index (χ3v) is 8.40. The fourth-order valence-corrected chi connectivity index (χ4v) is 6.05. The summed E-state index contributed by atoms with van der Waals surface area (Å²) in [6.07, 6.45) is 7.94. The Hall–Kier alpha value is -2.75. The molecule has 1 aromatic carbocycles. The lowest BCUT2D eigenvalue weighted by atomic mass is 9.97. The average molecular weight is 582 g/mol. The Morgan fingerprint density at radius 3 is 2.74 bits per heavy atom. The fraction of sp³-hybridized carbons (Fsp3) is 0.483. The van der Waals surface area contributed by atoms with Gasteiger partial charge < -0.3 is 14.2 Å². The first kappa shape index (κ1) is 25.5. The number of aromatic nitrogens is 3. The summed E-state index contributed by atoms with van der Waals surface area (Å²) in [7, 11) is 0. The maximum Gasteiger partial charge on any atom is 0.329 e. The van der Waals surface area contributed by atoms with Crippen LogP contribution in [-0.4, -0.2) is 53.1 Å². The number of aryl methyl sites for hydroxylation is 1. The summed E-state index contributed by atoms with van der Waals surface area (Å²) in [5, 5.41) is 0. The van der Waals surface area contributed by atoms with Crippen molar-refractivity contribution in [3.8, 4) is 0 Å². The van der Waals surface area contributed by atoms with Gasteiger partial charge in [-0.2, -0.15) is 0 Å². The van der Waals surface area contributed by atoms with Gasteiger partial charge in [-0.3, -0.25) is 14.1 Å². The van der Waals surface area contributed by atoms with Gasteiger partial charge in [-0.1, -0.05) is 15.9 Å². The Morgan fingerprint density at radius 2 is 1.92 bits per heavy atom. The molecule has 0 saturated carbocycles. The zero-order valence-corrected chi connectivity index (χ0v) is 23.3. The number of imidazole rings is 1. The molecular formula is C29H33BrN4O4. The lowest BCUT2D eigenvalue weighted by Gasteiger charge is -2.23. The summed E-state index contributed by atoms with van der Waals surface area (Å²) < 4.78 is 22.3.